The van der Waals surface area contributed by atoms with Gasteiger partial charge in [-0.3, -0.25) is 0 Å². The number of nitrogens with zero attached hydrogens (tertiary/aromatic N) is 1. The van der Waals surface area contributed by atoms with E-state index in [0.29, 0.717) is 12.1 Å². The smallest absolute Gasteiger partial charge is 0.0914 e. The Hall–Kier alpha value is 0.0700. The van der Waals surface area contributed by atoms with Crippen molar-refractivity contribution >= 4 is 11.0 Å². The fourth-order valence-electron chi connectivity index (χ4n) is 1.98. The molecule has 3 saturated heterocycles. The van der Waals surface area contributed by atoms with Gasteiger partial charge in [0, 0.05) is 31.4 Å². The van der Waals surface area contributed by atoms with E-state index in [1.54, 1.807) is 6.26 Å². The van der Waals surface area contributed by atoms with Crippen LogP contribution in [-0.2, 0) is 11.0 Å². The lowest BCUT2D eigenvalue weighted by atomic mass is 9.96. The van der Waals surface area contributed by atoms with E-state index in [1.807, 2.05) is 0 Å². The van der Waals surface area contributed by atoms with E-state index in [9.17, 15) is 4.21 Å². The van der Waals surface area contributed by atoms with E-state index in [2.05, 4.69) is 9.62 Å². The third-order valence-corrected chi connectivity index (χ3v) is 3.74. The van der Waals surface area contributed by atoms with Crippen LogP contribution in [0.4, 0.5) is 0 Å². The zero-order valence-electron chi connectivity index (χ0n) is 6.75. The highest BCUT2D eigenvalue weighted by Gasteiger charge is 2.34. The van der Waals surface area contributed by atoms with Crippen molar-refractivity contribution in [2.45, 2.75) is 24.9 Å². The van der Waals surface area contributed by atoms with Crippen LogP contribution in [0.2, 0.25) is 0 Å². The molecular weight excluding hydrogens is 160 g/mol. The van der Waals surface area contributed by atoms with Crippen LogP contribution in [0.15, 0.2) is 0 Å². The van der Waals surface area contributed by atoms with Crippen molar-refractivity contribution in [3.05, 3.63) is 0 Å². The summed E-state index contributed by atoms with van der Waals surface area (Å²) < 4.78 is 13.3. The molecule has 0 aromatic heterocycles. The SMILES string of the molecule is CS(=O)N1CC2CCC1CN2. The van der Waals surface area contributed by atoms with E-state index < -0.39 is 11.0 Å². The van der Waals surface area contributed by atoms with Gasteiger partial charge in [0.1, 0.15) is 0 Å². The Morgan fingerprint density at radius 2 is 2.36 bits per heavy atom. The summed E-state index contributed by atoms with van der Waals surface area (Å²) in [5.41, 5.74) is 0. The number of nitrogens with one attached hydrogen (secondary N) is 1. The van der Waals surface area contributed by atoms with Crippen LogP contribution >= 0.6 is 0 Å². The van der Waals surface area contributed by atoms with Crippen LogP contribution < -0.4 is 5.32 Å². The molecule has 64 valence electrons. The normalized spacial score (nSPS) is 40.8. The summed E-state index contributed by atoms with van der Waals surface area (Å²) >= 11 is 0. The Bertz CT molecular complexity index is 177. The number of hydrogen-bond donors (Lipinski definition) is 1. The molecule has 1 N–H and O–H groups in total. The lowest BCUT2D eigenvalue weighted by Gasteiger charge is -2.44. The summed E-state index contributed by atoms with van der Waals surface area (Å²) in [6, 6.07) is 1.13. The molecule has 2 bridgehead atoms. The number of hydrogen-bond acceptors (Lipinski definition) is 2. The number of rotatable bonds is 1. The number of fused-ring (bicyclic) bond motifs is 3. The van der Waals surface area contributed by atoms with Gasteiger partial charge in [-0.2, -0.15) is 0 Å². The van der Waals surface area contributed by atoms with Crippen molar-refractivity contribution in [2.75, 3.05) is 19.3 Å². The van der Waals surface area contributed by atoms with Crippen LogP contribution in [-0.4, -0.2) is 39.9 Å². The summed E-state index contributed by atoms with van der Waals surface area (Å²) in [5.74, 6) is 0. The number of piperazine rings is 1. The lowest BCUT2D eigenvalue weighted by Crippen LogP contribution is -2.60. The van der Waals surface area contributed by atoms with Gasteiger partial charge in [-0.05, 0) is 12.8 Å². The van der Waals surface area contributed by atoms with Crippen molar-refractivity contribution in [3.8, 4) is 0 Å². The van der Waals surface area contributed by atoms with Gasteiger partial charge in [-0.15, -0.1) is 0 Å². The van der Waals surface area contributed by atoms with Crippen molar-refractivity contribution in [1.29, 1.82) is 0 Å². The first-order chi connectivity index (χ1) is 5.27. The topological polar surface area (TPSA) is 32.3 Å². The Labute approximate surface area is 69.7 Å². The molecule has 3 rings (SSSR count). The molecule has 3 aliphatic heterocycles. The minimum Gasteiger partial charge on any atom is -0.311 e. The fraction of sp³-hybridized carbons (Fsp3) is 1.00. The maximum absolute atomic E-state index is 11.2. The Balaban J connectivity index is 2.08. The monoisotopic (exact) mass is 174 g/mol. The lowest BCUT2D eigenvalue weighted by molar-refractivity contribution is 0.159. The largest absolute Gasteiger partial charge is 0.311 e. The molecule has 0 spiro atoms. The average molecular weight is 174 g/mol. The third-order valence-electron chi connectivity index (χ3n) is 2.63. The molecule has 3 atom stereocenters. The van der Waals surface area contributed by atoms with Gasteiger partial charge in [-0.25, -0.2) is 8.51 Å². The molecule has 3 unspecified atom stereocenters. The van der Waals surface area contributed by atoms with Gasteiger partial charge in [0.15, 0.2) is 0 Å². The Kier molecular flexibility index (Phi) is 1.99. The maximum Gasteiger partial charge on any atom is 0.0914 e. The Morgan fingerprint density at radius 3 is 2.64 bits per heavy atom. The second-order valence-electron chi connectivity index (χ2n) is 3.36. The van der Waals surface area contributed by atoms with Crippen molar-refractivity contribution in [1.82, 2.24) is 9.62 Å². The van der Waals surface area contributed by atoms with E-state index >= 15 is 0 Å². The standard InChI is InChI=1S/C7H14N2OS/c1-11(10)9-5-6-2-3-7(9)4-8-6/h6-8H,2-5H2,1H3. The van der Waals surface area contributed by atoms with Crippen LogP contribution in [0.1, 0.15) is 12.8 Å². The highest BCUT2D eigenvalue weighted by molar-refractivity contribution is 7.81. The van der Waals surface area contributed by atoms with Crippen LogP contribution in [0.3, 0.4) is 0 Å². The van der Waals surface area contributed by atoms with Crippen LogP contribution in [0, 0.1) is 0 Å². The molecule has 0 aliphatic carbocycles. The zero-order chi connectivity index (χ0) is 7.84. The van der Waals surface area contributed by atoms with Crippen LogP contribution in [0.5, 0.6) is 0 Å². The minimum absolute atomic E-state index is 0.533. The molecule has 0 amide bonds. The quantitative estimate of drug-likeness (QED) is 0.593. The van der Waals surface area contributed by atoms with E-state index in [4.69, 9.17) is 0 Å². The summed E-state index contributed by atoms with van der Waals surface area (Å²) in [5, 5.41) is 3.43. The first-order valence-corrected chi connectivity index (χ1v) is 5.62. The summed E-state index contributed by atoms with van der Waals surface area (Å²) in [7, 11) is -0.758. The molecule has 3 aliphatic rings. The van der Waals surface area contributed by atoms with Gasteiger partial charge in [0.05, 0.1) is 11.0 Å². The fourth-order valence-corrected chi connectivity index (χ4v) is 2.97. The predicted molar refractivity (Wildman–Crippen MR) is 45.6 cm³/mol. The highest BCUT2D eigenvalue weighted by Crippen LogP contribution is 2.22. The van der Waals surface area contributed by atoms with E-state index in [-0.39, 0.29) is 0 Å². The molecule has 0 aromatic carbocycles. The average Bonchev–Trinajstić information content (AvgIpc) is 2.06. The molecule has 0 aromatic rings. The minimum atomic E-state index is -0.758. The molecule has 3 nitrogen and oxygen atoms in total. The van der Waals surface area contributed by atoms with Gasteiger partial charge >= 0.3 is 0 Å². The second kappa shape index (κ2) is 2.84. The first-order valence-electron chi connectivity index (χ1n) is 4.11. The zero-order valence-corrected chi connectivity index (χ0v) is 7.56. The molecule has 4 heteroatoms. The second-order valence-corrected chi connectivity index (χ2v) is 4.68. The van der Waals surface area contributed by atoms with Gasteiger partial charge < -0.3 is 5.32 Å². The van der Waals surface area contributed by atoms with Gasteiger partial charge in [0.2, 0.25) is 0 Å². The molecular formula is C7H14N2OS. The molecule has 3 fully saturated rings. The number of piperidine rings is 2. The van der Waals surface area contributed by atoms with Crippen LogP contribution in [0.25, 0.3) is 0 Å². The molecule has 0 saturated carbocycles. The molecule has 0 radical (unpaired) electrons. The summed E-state index contributed by atoms with van der Waals surface area (Å²) in [4.78, 5) is 0. The predicted octanol–water partition coefficient (Wildman–Crippen LogP) is -0.284. The van der Waals surface area contributed by atoms with Gasteiger partial charge in [-0.1, -0.05) is 0 Å². The van der Waals surface area contributed by atoms with Crippen molar-refractivity contribution < 1.29 is 4.21 Å². The third kappa shape index (κ3) is 1.35. The van der Waals surface area contributed by atoms with Crippen molar-refractivity contribution in [2.24, 2.45) is 0 Å². The molecule has 3 heterocycles. The van der Waals surface area contributed by atoms with E-state index in [0.717, 1.165) is 13.1 Å². The summed E-state index contributed by atoms with van der Waals surface area (Å²) in [6.45, 7) is 2.01. The highest BCUT2D eigenvalue weighted by atomic mass is 32.2. The van der Waals surface area contributed by atoms with Gasteiger partial charge in [0.25, 0.3) is 0 Å². The van der Waals surface area contributed by atoms with E-state index in [1.165, 1.54) is 12.8 Å². The maximum atomic E-state index is 11.2. The van der Waals surface area contributed by atoms with Crippen molar-refractivity contribution in [3.63, 3.8) is 0 Å². The first kappa shape index (κ1) is 7.71. The Morgan fingerprint density at radius 1 is 1.55 bits per heavy atom. The summed E-state index contributed by atoms with van der Waals surface area (Å²) in [6.07, 6.45) is 4.26. The molecule has 11 heavy (non-hydrogen) atoms.